The van der Waals surface area contributed by atoms with Gasteiger partial charge in [-0.3, -0.25) is 0 Å². The Hall–Kier alpha value is -0.560. The minimum absolute atomic E-state index is 0.0354. The van der Waals surface area contributed by atoms with Crippen molar-refractivity contribution in [3.63, 3.8) is 0 Å². The molecule has 0 fully saturated rings. The summed E-state index contributed by atoms with van der Waals surface area (Å²) in [6.45, 7) is 8.07. The molecule has 0 amide bonds. The largest absolute Gasteiger partial charge is 0.462 e. The van der Waals surface area contributed by atoms with Gasteiger partial charge < -0.3 is 4.74 Å². The van der Waals surface area contributed by atoms with Crippen LogP contribution in [-0.2, 0) is 20.5 Å². The van der Waals surface area contributed by atoms with Crippen molar-refractivity contribution in [3.05, 3.63) is 0 Å². The Balaban J connectivity index is 4.99. The summed E-state index contributed by atoms with van der Waals surface area (Å²) in [4.78, 5) is 11.3. The number of carbonyl (C=O) groups excluding carboxylic acids is 1. The lowest BCUT2D eigenvalue weighted by Gasteiger charge is -2.28. The van der Waals surface area contributed by atoms with Gasteiger partial charge in [-0.2, -0.15) is 8.78 Å². The summed E-state index contributed by atoms with van der Waals surface area (Å²) in [6, 6.07) is -1.49. The maximum atomic E-state index is 13.9. The molecule has 0 rings (SSSR count). The molecule has 0 aliphatic rings. The highest BCUT2D eigenvalue weighted by Crippen LogP contribution is 2.25. The highest BCUT2D eigenvalue weighted by Gasteiger charge is 2.49. The lowest BCUT2D eigenvalue weighted by Crippen LogP contribution is -2.53. The Morgan fingerprint density at radius 2 is 1.84 bits per heavy atom. The monoisotopic (exact) mass is 299 g/mol. The maximum Gasteiger partial charge on any atom is 0.378 e. The van der Waals surface area contributed by atoms with Crippen LogP contribution in [0.1, 0.15) is 47.5 Å². The van der Waals surface area contributed by atoms with Crippen LogP contribution in [0.3, 0.4) is 0 Å². The first kappa shape index (κ1) is 18.4. The summed E-state index contributed by atoms with van der Waals surface area (Å²) in [7, 11) is -1.67. The topological polar surface area (TPSA) is 55.4 Å². The highest BCUT2D eigenvalue weighted by molar-refractivity contribution is 7.84. The molecule has 0 saturated heterocycles. The molecule has 7 heteroatoms. The third-order valence-electron chi connectivity index (χ3n) is 2.37. The molecule has 19 heavy (non-hydrogen) atoms. The van der Waals surface area contributed by atoms with Crippen molar-refractivity contribution in [2.24, 2.45) is 0 Å². The second-order valence-electron chi connectivity index (χ2n) is 5.18. The second kappa shape index (κ2) is 7.28. The van der Waals surface area contributed by atoms with E-state index in [9.17, 15) is 17.8 Å². The highest BCUT2D eigenvalue weighted by atomic mass is 32.2. The van der Waals surface area contributed by atoms with Gasteiger partial charge in [0.25, 0.3) is 0 Å². The molecule has 0 aromatic rings. The van der Waals surface area contributed by atoms with Crippen LogP contribution in [0, 0.1) is 0 Å². The van der Waals surface area contributed by atoms with Crippen molar-refractivity contribution in [1.29, 1.82) is 0 Å². The Morgan fingerprint density at radius 1 is 1.32 bits per heavy atom. The summed E-state index contributed by atoms with van der Waals surface area (Å²) in [6.07, 6.45) is 0.474. The van der Waals surface area contributed by atoms with Gasteiger partial charge in [-0.25, -0.2) is 13.7 Å². The predicted molar refractivity (Wildman–Crippen MR) is 71.3 cm³/mol. The van der Waals surface area contributed by atoms with E-state index in [0.29, 0.717) is 6.42 Å². The number of carbonyl (C=O) groups is 1. The molecule has 0 saturated carbocycles. The third kappa shape index (κ3) is 5.52. The SMILES string of the molecule is CCCC(NS(=O)C(C)(C)C)C(F)(F)C(=O)OCC. The van der Waals surface area contributed by atoms with E-state index in [1.807, 2.05) is 0 Å². The van der Waals surface area contributed by atoms with Crippen LogP contribution >= 0.6 is 0 Å². The summed E-state index contributed by atoms with van der Waals surface area (Å²) in [5, 5.41) is 0. The summed E-state index contributed by atoms with van der Waals surface area (Å²) >= 11 is 0. The van der Waals surface area contributed by atoms with E-state index in [2.05, 4.69) is 9.46 Å². The Bertz CT molecular complexity index is 329. The summed E-state index contributed by atoms with van der Waals surface area (Å²) in [5.74, 6) is -5.26. The molecule has 0 bridgehead atoms. The zero-order valence-corrected chi connectivity index (χ0v) is 12.9. The lowest BCUT2D eigenvalue weighted by molar-refractivity contribution is -0.175. The zero-order chi connectivity index (χ0) is 15.3. The average molecular weight is 299 g/mol. The van der Waals surface area contributed by atoms with Gasteiger partial charge in [-0.1, -0.05) is 13.3 Å². The van der Waals surface area contributed by atoms with Crippen molar-refractivity contribution >= 4 is 17.0 Å². The van der Waals surface area contributed by atoms with Gasteiger partial charge in [0.1, 0.15) is 0 Å². The lowest BCUT2D eigenvalue weighted by atomic mass is 10.1. The van der Waals surface area contributed by atoms with Gasteiger partial charge in [0.2, 0.25) is 0 Å². The van der Waals surface area contributed by atoms with E-state index in [4.69, 9.17) is 0 Å². The van der Waals surface area contributed by atoms with E-state index in [1.165, 1.54) is 6.92 Å². The first-order chi connectivity index (χ1) is 8.57. The third-order valence-corrected chi connectivity index (χ3v) is 3.98. The van der Waals surface area contributed by atoms with Crippen molar-refractivity contribution in [2.45, 2.75) is 64.2 Å². The maximum absolute atomic E-state index is 13.9. The fourth-order valence-electron chi connectivity index (χ4n) is 1.28. The van der Waals surface area contributed by atoms with Gasteiger partial charge in [0, 0.05) is 0 Å². The number of rotatable bonds is 7. The van der Waals surface area contributed by atoms with Crippen molar-refractivity contribution in [2.75, 3.05) is 6.61 Å². The first-order valence-electron chi connectivity index (χ1n) is 6.30. The van der Waals surface area contributed by atoms with Crippen LogP contribution in [0.4, 0.5) is 8.78 Å². The molecule has 0 aliphatic heterocycles. The number of alkyl halides is 2. The predicted octanol–water partition coefficient (Wildman–Crippen LogP) is 2.41. The number of esters is 1. The smallest absolute Gasteiger partial charge is 0.378 e. The molecular formula is C12H23F2NO3S. The average Bonchev–Trinajstić information content (AvgIpc) is 2.27. The molecule has 0 radical (unpaired) electrons. The molecular weight excluding hydrogens is 276 g/mol. The van der Waals surface area contributed by atoms with Crippen molar-refractivity contribution in [3.8, 4) is 0 Å². The van der Waals surface area contributed by atoms with Crippen LogP contribution in [-0.4, -0.2) is 33.5 Å². The number of halogens is 2. The Morgan fingerprint density at radius 3 is 2.21 bits per heavy atom. The van der Waals surface area contributed by atoms with Crippen LogP contribution in [0.2, 0.25) is 0 Å². The number of hydrogen-bond acceptors (Lipinski definition) is 3. The second-order valence-corrected chi connectivity index (χ2v) is 7.18. The van der Waals surface area contributed by atoms with E-state index < -0.39 is 33.7 Å². The molecule has 0 heterocycles. The van der Waals surface area contributed by atoms with Gasteiger partial charge in [0.05, 0.1) is 28.4 Å². The van der Waals surface area contributed by atoms with E-state index >= 15 is 0 Å². The van der Waals surface area contributed by atoms with E-state index in [-0.39, 0.29) is 13.0 Å². The minimum Gasteiger partial charge on any atom is -0.462 e. The standard InChI is InChI=1S/C12H23F2NO3S/c1-6-8-9(15-19(17)11(3,4)5)12(13,14)10(16)18-7-2/h9,15H,6-8H2,1-5H3. The van der Waals surface area contributed by atoms with E-state index in [0.717, 1.165) is 0 Å². The number of hydrogen-bond donors (Lipinski definition) is 1. The van der Waals surface area contributed by atoms with Crippen LogP contribution in [0.15, 0.2) is 0 Å². The van der Waals surface area contributed by atoms with Crippen LogP contribution < -0.4 is 4.72 Å². The van der Waals surface area contributed by atoms with Crippen molar-refractivity contribution in [1.82, 2.24) is 4.72 Å². The fourth-order valence-corrected chi connectivity index (χ4v) is 2.16. The molecule has 0 aromatic heterocycles. The molecule has 4 nitrogen and oxygen atoms in total. The first-order valence-corrected chi connectivity index (χ1v) is 7.45. The zero-order valence-electron chi connectivity index (χ0n) is 12.1. The Labute approximate surface area is 115 Å². The quantitative estimate of drug-likeness (QED) is 0.734. The molecule has 0 aliphatic carbocycles. The molecule has 114 valence electrons. The van der Waals surface area contributed by atoms with Crippen LogP contribution in [0.5, 0.6) is 0 Å². The molecule has 2 unspecified atom stereocenters. The molecule has 2 atom stereocenters. The minimum atomic E-state index is -3.69. The van der Waals surface area contributed by atoms with Gasteiger partial charge in [-0.05, 0) is 34.1 Å². The number of nitrogens with one attached hydrogen (secondary N) is 1. The van der Waals surface area contributed by atoms with E-state index in [1.54, 1.807) is 27.7 Å². The molecule has 0 spiro atoms. The van der Waals surface area contributed by atoms with Gasteiger partial charge in [-0.15, -0.1) is 0 Å². The molecule has 1 N–H and O–H groups in total. The fraction of sp³-hybridized carbons (Fsp3) is 0.917. The van der Waals surface area contributed by atoms with Crippen molar-refractivity contribution < 1.29 is 22.5 Å². The van der Waals surface area contributed by atoms with Gasteiger partial charge in [0.15, 0.2) is 0 Å². The number of ether oxygens (including phenoxy) is 1. The molecule has 0 aromatic carbocycles. The van der Waals surface area contributed by atoms with Crippen LogP contribution in [0.25, 0.3) is 0 Å². The Kier molecular flexibility index (Phi) is 7.07. The van der Waals surface area contributed by atoms with Gasteiger partial charge >= 0.3 is 11.9 Å². The normalized spacial score (nSPS) is 15.9. The summed E-state index contributed by atoms with van der Waals surface area (Å²) < 4.78 is 45.8. The summed E-state index contributed by atoms with van der Waals surface area (Å²) in [5.41, 5.74) is 0.